The van der Waals surface area contributed by atoms with E-state index in [1.54, 1.807) is 0 Å². The molecule has 0 radical (unpaired) electrons. The van der Waals surface area contributed by atoms with E-state index in [1.165, 1.54) is 0 Å². The zero-order chi connectivity index (χ0) is 13.1. The first kappa shape index (κ1) is 14.5. The maximum atomic E-state index is 12.1. The Morgan fingerprint density at radius 3 is 2.76 bits per heavy atom. The minimum atomic E-state index is -0.279. The SMILES string of the molecule is CCC(C)(C)NC(=O)C(C)N1CCCC(O)C1. The van der Waals surface area contributed by atoms with Crippen LogP contribution in [-0.4, -0.2) is 46.7 Å². The van der Waals surface area contributed by atoms with Gasteiger partial charge in [-0.2, -0.15) is 0 Å². The Balaban J connectivity index is 2.51. The van der Waals surface area contributed by atoms with Gasteiger partial charge in [0.25, 0.3) is 0 Å². The lowest BCUT2D eigenvalue weighted by atomic mass is 10.0. The van der Waals surface area contributed by atoms with E-state index in [0.29, 0.717) is 6.54 Å². The van der Waals surface area contributed by atoms with E-state index >= 15 is 0 Å². The Bertz CT molecular complexity index is 266. The van der Waals surface area contributed by atoms with E-state index in [0.717, 1.165) is 25.8 Å². The highest BCUT2D eigenvalue weighted by Crippen LogP contribution is 2.14. The van der Waals surface area contributed by atoms with Gasteiger partial charge in [0.2, 0.25) is 5.91 Å². The van der Waals surface area contributed by atoms with Gasteiger partial charge in [0, 0.05) is 12.1 Å². The van der Waals surface area contributed by atoms with Gasteiger partial charge in [-0.25, -0.2) is 0 Å². The fourth-order valence-corrected chi connectivity index (χ4v) is 2.03. The summed E-state index contributed by atoms with van der Waals surface area (Å²) < 4.78 is 0. The molecule has 1 fully saturated rings. The standard InChI is InChI=1S/C13H26N2O2/c1-5-13(3,4)14-12(17)10(2)15-8-6-7-11(16)9-15/h10-11,16H,5-9H2,1-4H3,(H,14,17). The molecule has 0 spiro atoms. The van der Waals surface area contributed by atoms with Crippen LogP contribution in [0.5, 0.6) is 0 Å². The van der Waals surface area contributed by atoms with Gasteiger partial charge < -0.3 is 10.4 Å². The number of β-amino-alcohol motifs (C(OH)–C–C–N with tert-alkyl or cyclic N) is 1. The van der Waals surface area contributed by atoms with Crippen molar-refractivity contribution in [1.82, 2.24) is 10.2 Å². The second-order valence-corrected chi connectivity index (χ2v) is 5.69. The van der Waals surface area contributed by atoms with Crippen molar-refractivity contribution in [2.75, 3.05) is 13.1 Å². The van der Waals surface area contributed by atoms with Crippen molar-refractivity contribution in [3.05, 3.63) is 0 Å². The molecule has 0 aromatic heterocycles. The maximum Gasteiger partial charge on any atom is 0.237 e. The second-order valence-electron chi connectivity index (χ2n) is 5.69. The number of nitrogens with zero attached hydrogens (tertiary/aromatic N) is 1. The molecular formula is C13H26N2O2. The van der Waals surface area contributed by atoms with E-state index in [2.05, 4.69) is 17.1 Å². The molecule has 4 heteroatoms. The molecule has 1 heterocycles. The van der Waals surface area contributed by atoms with Crippen molar-refractivity contribution >= 4 is 5.91 Å². The summed E-state index contributed by atoms with van der Waals surface area (Å²) >= 11 is 0. The van der Waals surface area contributed by atoms with Gasteiger partial charge in [0.05, 0.1) is 12.1 Å². The molecule has 1 rings (SSSR count). The normalized spacial score (nSPS) is 24.4. The molecule has 0 saturated carbocycles. The van der Waals surface area contributed by atoms with Crippen molar-refractivity contribution in [2.45, 2.75) is 64.6 Å². The quantitative estimate of drug-likeness (QED) is 0.777. The van der Waals surface area contributed by atoms with Crippen molar-refractivity contribution in [1.29, 1.82) is 0 Å². The Labute approximate surface area is 104 Å². The van der Waals surface area contributed by atoms with Crippen molar-refractivity contribution < 1.29 is 9.90 Å². The molecule has 17 heavy (non-hydrogen) atoms. The van der Waals surface area contributed by atoms with Crippen molar-refractivity contribution in [3.63, 3.8) is 0 Å². The Kier molecular flexibility index (Phi) is 4.95. The lowest BCUT2D eigenvalue weighted by molar-refractivity contribution is -0.128. The summed E-state index contributed by atoms with van der Waals surface area (Å²) in [4.78, 5) is 14.2. The molecule has 4 nitrogen and oxygen atoms in total. The molecule has 0 bridgehead atoms. The first-order valence-corrected chi connectivity index (χ1v) is 6.60. The van der Waals surface area contributed by atoms with Crippen LogP contribution in [0.25, 0.3) is 0 Å². The number of carbonyl (C=O) groups excluding carboxylic acids is 1. The highest BCUT2D eigenvalue weighted by atomic mass is 16.3. The summed E-state index contributed by atoms with van der Waals surface area (Å²) in [6, 6.07) is -0.157. The van der Waals surface area contributed by atoms with Gasteiger partial charge >= 0.3 is 0 Å². The van der Waals surface area contributed by atoms with E-state index < -0.39 is 0 Å². The van der Waals surface area contributed by atoms with Gasteiger partial charge in [-0.05, 0) is 46.6 Å². The van der Waals surface area contributed by atoms with Crippen LogP contribution in [0.3, 0.4) is 0 Å². The number of likely N-dealkylation sites (tertiary alicyclic amines) is 1. The number of hydrogen-bond acceptors (Lipinski definition) is 3. The van der Waals surface area contributed by atoms with E-state index in [4.69, 9.17) is 0 Å². The minimum Gasteiger partial charge on any atom is -0.392 e. The monoisotopic (exact) mass is 242 g/mol. The van der Waals surface area contributed by atoms with E-state index in [1.807, 2.05) is 20.8 Å². The van der Waals surface area contributed by atoms with Gasteiger partial charge in [-0.1, -0.05) is 6.92 Å². The Morgan fingerprint density at radius 1 is 1.59 bits per heavy atom. The molecule has 1 aliphatic rings. The molecule has 0 aliphatic carbocycles. The molecule has 1 amide bonds. The number of aliphatic hydroxyl groups excluding tert-OH is 1. The Hall–Kier alpha value is -0.610. The number of rotatable bonds is 4. The van der Waals surface area contributed by atoms with Crippen LogP contribution in [0.1, 0.15) is 47.0 Å². The van der Waals surface area contributed by atoms with Crippen LogP contribution in [0.2, 0.25) is 0 Å². The third-order valence-electron chi connectivity index (χ3n) is 3.70. The largest absolute Gasteiger partial charge is 0.392 e. The van der Waals surface area contributed by atoms with Crippen molar-refractivity contribution in [3.8, 4) is 0 Å². The summed E-state index contributed by atoms with van der Waals surface area (Å²) in [5.74, 6) is 0.0611. The summed E-state index contributed by atoms with van der Waals surface area (Å²) in [6.45, 7) is 9.55. The third kappa shape index (κ3) is 4.28. The summed E-state index contributed by atoms with van der Waals surface area (Å²) in [7, 11) is 0. The molecule has 2 atom stereocenters. The smallest absolute Gasteiger partial charge is 0.237 e. The van der Waals surface area contributed by atoms with Crippen LogP contribution >= 0.6 is 0 Å². The highest BCUT2D eigenvalue weighted by Gasteiger charge is 2.28. The Morgan fingerprint density at radius 2 is 2.24 bits per heavy atom. The fourth-order valence-electron chi connectivity index (χ4n) is 2.03. The van der Waals surface area contributed by atoms with Crippen LogP contribution in [0.15, 0.2) is 0 Å². The topological polar surface area (TPSA) is 52.6 Å². The van der Waals surface area contributed by atoms with Crippen LogP contribution < -0.4 is 5.32 Å². The molecule has 100 valence electrons. The van der Waals surface area contributed by atoms with E-state index in [-0.39, 0.29) is 23.6 Å². The molecule has 0 aromatic rings. The third-order valence-corrected chi connectivity index (χ3v) is 3.70. The van der Waals surface area contributed by atoms with E-state index in [9.17, 15) is 9.90 Å². The molecule has 1 saturated heterocycles. The number of nitrogens with one attached hydrogen (secondary N) is 1. The van der Waals surface area contributed by atoms with Crippen LogP contribution in [-0.2, 0) is 4.79 Å². The zero-order valence-electron chi connectivity index (χ0n) is 11.5. The predicted molar refractivity (Wildman–Crippen MR) is 68.8 cm³/mol. The lowest BCUT2D eigenvalue weighted by Crippen LogP contribution is -2.54. The van der Waals surface area contributed by atoms with Crippen molar-refractivity contribution in [2.24, 2.45) is 0 Å². The van der Waals surface area contributed by atoms with Gasteiger partial charge in [0.1, 0.15) is 0 Å². The number of piperidine rings is 1. The van der Waals surface area contributed by atoms with Crippen LogP contribution in [0, 0.1) is 0 Å². The van der Waals surface area contributed by atoms with Gasteiger partial charge in [0.15, 0.2) is 0 Å². The minimum absolute atomic E-state index is 0.0611. The summed E-state index contributed by atoms with van der Waals surface area (Å²) in [6.07, 6.45) is 2.45. The van der Waals surface area contributed by atoms with Gasteiger partial charge in [-0.3, -0.25) is 9.69 Å². The molecular weight excluding hydrogens is 216 g/mol. The summed E-state index contributed by atoms with van der Waals surface area (Å²) in [5.41, 5.74) is -0.153. The number of aliphatic hydroxyl groups is 1. The number of carbonyl (C=O) groups is 1. The number of hydrogen-bond donors (Lipinski definition) is 2. The lowest BCUT2D eigenvalue weighted by Gasteiger charge is -2.36. The molecule has 2 N–H and O–H groups in total. The first-order chi connectivity index (χ1) is 7.85. The first-order valence-electron chi connectivity index (χ1n) is 6.60. The predicted octanol–water partition coefficient (Wildman–Crippen LogP) is 1.14. The molecule has 1 aliphatic heterocycles. The van der Waals surface area contributed by atoms with Crippen LogP contribution in [0.4, 0.5) is 0 Å². The van der Waals surface area contributed by atoms with Gasteiger partial charge in [-0.15, -0.1) is 0 Å². The molecule has 2 unspecified atom stereocenters. The average Bonchev–Trinajstić information content (AvgIpc) is 2.27. The highest BCUT2D eigenvalue weighted by molar-refractivity contribution is 5.82. The zero-order valence-corrected chi connectivity index (χ0v) is 11.5. The average molecular weight is 242 g/mol. The second kappa shape index (κ2) is 5.83. The maximum absolute atomic E-state index is 12.1. The number of amides is 1. The molecule has 0 aromatic carbocycles. The summed E-state index contributed by atoms with van der Waals surface area (Å²) in [5, 5.41) is 12.7. The fraction of sp³-hybridized carbons (Fsp3) is 0.923.